The molecule has 0 N–H and O–H groups in total. The summed E-state index contributed by atoms with van der Waals surface area (Å²) in [6.07, 6.45) is 2.74. The minimum atomic E-state index is -0.419. The van der Waals surface area contributed by atoms with Crippen molar-refractivity contribution in [1.82, 2.24) is 9.80 Å². The van der Waals surface area contributed by atoms with E-state index in [1.807, 2.05) is 6.92 Å². The Hall–Kier alpha value is -1.63. The molecule has 0 aliphatic carbocycles. The summed E-state index contributed by atoms with van der Waals surface area (Å²) in [5.74, 6) is -0.0366. The zero-order valence-corrected chi connectivity index (χ0v) is 14.0. The molecule has 0 spiro atoms. The summed E-state index contributed by atoms with van der Waals surface area (Å²) in [7, 11) is 1.37. The minimum Gasteiger partial charge on any atom is -0.469 e. The van der Waals surface area contributed by atoms with E-state index in [1.165, 1.54) is 7.11 Å². The van der Waals surface area contributed by atoms with Crippen LogP contribution in [0.1, 0.15) is 39.0 Å². The Balaban J connectivity index is 1.94. The molecule has 2 aliphatic rings. The van der Waals surface area contributed by atoms with Crippen LogP contribution in [0, 0.1) is 0 Å². The third-order valence-electron chi connectivity index (χ3n) is 4.64. The molecule has 2 fully saturated rings. The highest BCUT2D eigenvalue weighted by Gasteiger charge is 2.51. The van der Waals surface area contributed by atoms with E-state index in [1.54, 1.807) is 4.90 Å². The Kier molecular flexibility index (Phi) is 5.98. The van der Waals surface area contributed by atoms with Crippen LogP contribution in [0.3, 0.4) is 0 Å². The van der Waals surface area contributed by atoms with E-state index in [-0.39, 0.29) is 24.3 Å². The maximum atomic E-state index is 12.0. The van der Waals surface area contributed by atoms with Crippen molar-refractivity contribution in [2.24, 2.45) is 0 Å². The number of carbonyl (C=O) groups excluding carboxylic acids is 3. The molecule has 0 aromatic rings. The van der Waals surface area contributed by atoms with Gasteiger partial charge in [0, 0.05) is 39.0 Å². The van der Waals surface area contributed by atoms with Gasteiger partial charge in [-0.3, -0.25) is 14.5 Å². The van der Waals surface area contributed by atoms with Crippen LogP contribution < -0.4 is 0 Å². The Bertz CT molecular complexity index is 449. The van der Waals surface area contributed by atoms with Crippen molar-refractivity contribution < 1.29 is 23.9 Å². The van der Waals surface area contributed by atoms with E-state index in [0.717, 1.165) is 12.8 Å². The SMILES string of the molecule is CCCCOC(=O)N1CC(CC(=O)OC)(N2CCC(=O)CC2)C1. The lowest BCUT2D eigenvalue weighted by Crippen LogP contribution is -2.72. The maximum Gasteiger partial charge on any atom is 0.409 e. The fourth-order valence-electron chi connectivity index (χ4n) is 3.18. The summed E-state index contributed by atoms with van der Waals surface area (Å²) >= 11 is 0. The predicted molar refractivity (Wildman–Crippen MR) is 83.0 cm³/mol. The van der Waals surface area contributed by atoms with Crippen LogP contribution in [0.15, 0.2) is 0 Å². The normalized spacial score (nSPS) is 20.8. The van der Waals surface area contributed by atoms with Gasteiger partial charge in [0.25, 0.3) is 0 Å². The number of carbonyl (C=O) groups is 3. The molecule has 7 nitrogen and oxygen atoms in total. The average molecular weight is 326 g/mol. The van der Waals surface area contributed by atoms with Crippen LogP contribution in [0.5, 0.6) is 0 Å². The van der Waals surface area contributed by atoms with Crippen LogP contribution in [0.2, 0.25) is 0 Å². The second-order valence-electron chi connectivity index (χ2n) is 6.33. The number of rotatable bonds is 6. The second kappa shape index (κ2) is 7.77. The van der Waals surface area contributed by atoms with Gasteiger partial charge in [0.05, 0.1) is 25.7 Å². The summed E-state index contributed by atoms with van der Waals surface area (Å²) < 4.78 is 10.0. The van der Waals surface area contributed by atoms with Gasteiger partial charge in [-0.1, -0.05) is 13.3 Å². The van der Waals surface area contributed by atoms with E-state index in [4.69, 9.17) is 9.47 Å². The molecule has 130 valence electrons. The van der Waals surface area contributed by atoms with Crippen molar-refractivity contribution in [1.29, 1.82) is 0 Å². The molecular formula is C16H26N2O5. The summed E-state index contributed by atoms with van der Waals surface area (Å²) in [5, 5.41) is 0. The van der Waals surface area contributed by atoms with Crippen molar-refractivity contribution in [2.75, 3.05) is 39.9 Å². The topological polar surface area (TPSA) is 76.2 Å². The molecule has 0 saturated carbocycles. The molecule has 0 unspecified atom stereocenters. The Morgan fingerprint density at radius 2 is 1.87 bits per heavy atom. The molecule has 0 aromatic heterocycles. The minimum absolute atomic E-state index is 0.233. The van der Waals surface area contributed by atoms with E-state index in [9.17, 15) is 14.4 Å². The van der Waals surface area contributed by atoms with Gasteiger partial charge in [-0.25, -0.2) is 4.79 Å². The number of Topliss-reactive ketones (excluding diaryl/α,β-unsaturated/α-hetero) is 1. The van der Waals surface area contributed by atoms with Gasteiger partial charge >= 0.3 is 12.1 Å². The van der Waals surface area contributed by atoms with Gasteiger partial charge < -0.3 is 14.4 Å². The number of ketones is 1. The van der Waals surface area contributed by atoms with Crippen LogP contribution in [-0.4, -0.2) is 73.1 Å². The number of amides is 1. The standard InChI is InChI=1S/C16H26N2O5/c1-3-4-9-23-15(21)17-11-16(12-17,10-14(20)22-2)18-7-5-13(19)6-8-18/h3-12H2,1-2H3. The molecule has 2 aliphatic heterocycles. The summed E-state index contributed by atoms with van der Waals surface area (Å²) in [4.78, 5) is 39.0. The Morgan fingerprint density at radius 3 is 2.43 bits per heavy atom. The maximum absolute atomic E-state index is 12.0. The highest BCUT2D eigenvalue weighted by atomic mass is 16.6. The van der Waals surface area contributed by atoms with Gasteiger partial charge in [-0.2, -0.15) is 0 Å². The third-order valence-corrected chi connectivity index (χ3v) is 4.64. The number of hydrogen-bond acceptors (Lipinski definition) is 6. The average Bonchev–Trinajstić information content (AvgIpc) is 2.51. The van der Waals surface area contributed by atoms with Crippen LogP contribution in [-0.2, 0) is 19.1 Å². The molecule has 2 rings (SSSR count). The van der Waals surface area contributed by atoms with Crippen LogP contribution >= 0.6 is 0 Å². The molecule has 23 heavy (non-hydrogen) atoms. The largest absolute Gasteiger partial charge is 0.469 e. The van der Waals surface area contributed by atoms with Crippen molar-refractivity contribution >= 4 is 17.8 Å². The molecule has 0 atom stereocenters. The van der Waals surface area contributed by atoms with E-state index in [0.29, 0.717) is 45.6 Å². The number of likely N-dealkylation sites (tertiary alicyclic amines) is 2. The zero-order chi connectivity index (χ0) is 16.9. The summed E-state index contributed by atoms with van der Waals surface area (Å²) in [6.45, 7) is 4.62. The number of nitrogens with zero attached hydrogens (tertiary/aromatic N) is 2. The predicted octanol–water partition coefficient (Wildman–Crippen LogP) is 1.21. The second-order valence-corrected chi connectivity index (χ2v) is 6.33. The first-order chi connectivity index (χ1) is 11.0. The lowest BCUT2D eigenvalue weighted by molar-refractivity contribution is -0.150. The van der Waals surface area contributed by atoms with Crippen molar-refractivity contribution in [2.45, 2.75) is 44.6 Å². The first kappa shape index (κ1) is 17.7. The Labute approximate surface area is 136 Å². The van der Waals surface area contributed by atoms with Crippen molar-refractivity contribution in [3.63, 3.8) is 0 Å². The molecule has 2 heterocycles. The van der Waals surface area contributed by atoms with E-state index >= 15 is 0 Å². The van der Waals surface area contributed by atoms with Crippen molar-refractivity contribution in [3.8, 4) is 0 Å². The lowest BCUT2D eigenvalue weighted by Gasteiger charge is -2.55. The van der Waals surface area contributed by atoms with Crippen molar-refractivity contribution in [3.05, 3.63) is 0 Å². The molecule has 0 aromatic carbocycles. The molecule has 1 amide bonds. The molecule has 0 radical (unpaired) electrons. The third kappa shape index (κ3) is 4.22. The van der Waals surface area contributed by atoms with Gasteiger partial charge in [-0.05, 0) is 6.42 Å². The molecule has 0 bridgehead atoms. The number of piperidine rings is 1. The monoisotopic (exact) mass is 326 g/mol. The van der Waals surface area contributed by atoms with E-state index < -0.39 is 5.54 Å². The number of methoxy groups -OCH3 is 1. The van der Waals surface area contributed by atoms with Gasteiger partial charge in [0.1, 0.15) is 5.78 Å². The number of hydrogen-bond donors (Lipinski definition) is 0. The Morgan fingerprint density at radius 1 is 1.22 bits per heavy atom. The molecule has 2 saturated heterocycles. The molecular weight excluding hydrogens is 300 g/mol. The summed E-state index contributed by atoms with van der Waals surface area (Å²) in [5.41, 5.74) is -0.419. The van der Waals surface area contributed by atoms with E-state index in [2.05, 4.69) is 4.90 Å². The highest BCUT2D eigenvalue weighted by Crippen LogP contribution is 2.34. The quantitative estimate of drug-likeness (QED) is 0.539. The smallest absolute Gasteiger partial charge is 0.409 e. The first-order valence-corrected chi connectivity index (χ1v) is 8.26. The van der Waals surface area contributed by atoms with Gasteiger partial charge in [0.2, 0.25) is 0 Å². The number of ether oxygens (including phenoxy) is 2. The van der Waals surface area contributed by atoms with Crippen LogP contribution in [0.25, 0.3) is 0 Å². The number of unbranched alkanes of at least 4 members (excludes halogenated alkanes) is 1. The van der Waals surface area contributed by atoms with Gasteiger partial charge in [0.15, 0.2) is 0 Å². The van der Waals surface area contributed by atoms with Crippen LogP contribution in [0.4, 0.5) is 4.79 Å². The fraction of sp³-hybridized carbons (Fsp3) is 0.812. The van der Waals surface area contributed by atoms with Gasteiger partial charge in [-0.15, -0.1) is 0 Å². The highest BCUT2D eigenvalue weighted by molar-refractivity contribution is 5.79. The number of esters is 1. The lowest BCUT2D eigenvalue weighted by atomic mass is 9.83. The molecule has 7 heteroatoms. The fourth-order valence-corrected chi connectivity index (χ4v) is 3.18. The zero-order valence-electron chi connectivity index (χ0n) is 14.0. The summed E-state index contributed by atoms with van der Waals surface area (Å²) in [6, 6.07) is 0. The first-order valence-electron chi connectivity index (χ1n) is 8.26.